The normalized spacial score (nSPS) is 13.7. The van der Waals surface area contributed by atoms with Crippen LogP contribution in [0.1, 0.15) is 6.42 Å². The lowest BCUT2D eigenvalue weighted by molar-refractivity contribution is -0.118. The molecule has 1 amide bonds. The second-order valence-electron chi connectivity index (χ2n) is 5.87. The minimum atomic E-state index is -0.104. The van der Waals surface area contributed by atoms with E-state index in [4.69, 9.17) is 0 Å². The molecule has 0 aliphatic carbocycles. The molecule has 0 bridgehead atoms. The van der Waals surface area contributed by atoms with Gasteiger partial charge in [-0.1, -0.05) is 24.3 Å². The molecule has 1 aliphatic rings. The zero-order valence-electron chi connectivity index (χ0n) is 13.6. The topological polar surface area (TPSA) is 55.2 Å². The van der Waals surface area contributed by atoms with E-state index in [1.165, 1.54) is 10.9 Å². The minimum absolute atomic E-state index is 0.0350. The van der Waals surface area contributed by atoms with Crippen LogP contribution in [-0.4, -0.2) is 27.8 Å². The molecule has 2 aromatic carbocycles. The van der Waals surface area contributed by atoms with E-state index in [9.17, 15) is 9.59 Å². The van der Waals surface area contributed by atoms with Crippen LogP contribution in [0.4, 0.5) is 5.69 Å². The predicted octanol–water partition coefficient (Wildman–Crippen LogP) is 2.93. The summed E-state index contributed by atoms with van der Waals surface area (Å²) in [5.74, 6) is 0.924. The van der Waals surface area contributed by atoms with Gasteiger partial charge in [0.15, 0.2) is 0 Å². The lowest BCUT2D eigenvalue weighted by Crippen LogP contribution is -2.36. The highest BCUT2D eigenvalue weighted by Crippen LogP contribution is 2.34. The summed E-state index contributed by atoms with van der Waals surface area (Å²) in [4.78, 5) is 32.5. The summed E-state index contributed by atoms with van der Waals surface area (Å²) in [5, 5.41) is 0.581. The zero-order chi connectivity index (χ0) is 17.2. The van der Waals surface area contributed by atoms with Crippen LogP contribution in [0, 0.1) is 0 Å². The van der Waals surface area contributed by atoms with Crippen LogP contribution in [0.5, 0.6) is 0 Å². The molecule has 5 nitrogen and oxygen atoms in total. The first-order valence-corrected chi connectivity index (χ1v) is 9.19. The first kappa shape index (κ1) is 15.9. The number of amides is 1. The summed E-state index contributed by atoms with van der Waals surface area (Å²) in [5.41, 5.74) is 1.54. The Hall–Kier alpha value is -2.60. The van der Waals surface area contributed by atoms with Gasteiger partial charge in [0.1, 0.15) is 0 Å². The maximum atomic E-state index is 12.7. The van der Waals surface area contributed by atoms with E-state index >= 15 is 0 Å². The fourth-order valence-electron chi connectivity index (χ4n) is 3.05. The van der Waals surface area contributed by atoms with E-state index in [1.807, 2.05) is 47.4 Å². The smallest absolute Gasteiger partial charge is 0.261 e. The third-order valence-electron chi connectivity index (χ3n) is 4.33. The lowest BCUT2D eigenvalue weighted by Gasteiger charge is -2.29. The van der Waals surface area contributed by atoms with E-state index in [2.05, 4.69) is 4.98 Å². The quantitative estimate of drug-likeness (QED) is 0.728. The lowest BCUT2D eigenvalue weighted by atomic mass is 10.2. The molecule has 0 spiro atoms. The number of benzene rings is 2. The highest BCUT2D eigenvalue weighted by molar-refractivity contribution is 7.99. The van der Waals surface area contributed by atoms with Gasteiger partial charge in [-0.15, -0.1) is 11.8 Å². The van der Waals surface area contributed by atoms with Crippen molar-refractivity contribution < 1.29 is 4.79 Å². The first-order valence-electron chi connectivity index (χ1n) is 8.20. The molecule has 0 N–H and O–H groups in total. The highest BCUT2D eigenvalue weighted by Gasteiger charge is 2.22. The fraction of sp³-hybridized carbons (Fsp3) is 0.211. The molecule has 0 unspecified atom stereocenters. The Labute approximate surface area is 149 Å². The molecule has 25 heavy (non-hydrogen) atoms. The maximum absolute atomic E-state index is 12.7. The summed E-state index contributed by atoms with van der Waals surface area (Å²) < 4.78 is 1.52. The van der Waals surface area contributed by atoms with Gasteiger partial charge in [0, 0.05) is 30.2 Å². The van der Waals surface area contributed by atoms with Crippen LogP contribution >= 0.6 is 11.8 Å². The van der Waals surface area contributed by atoms with Gasteiger partial charge in [0.2, 0.25) is 5.91 Å². The van der Waals surface area contributed by atoms with Crippen LogP contribution < -0.4 is 10.5 Å². The van der Waals surface area contributed by atoms with E-state index in [1.54, 1.807) is 17.8 Å². The Morgan fingerprint density at radius 3 is 2.84 bits per heavy atom. The molecule has 6 heteroatoms. The molecule has 1 aliphatic heterocycles. The second-order valence-corrected chi connectivity index (χ2v) is 7.01. The third kappa shape index (κ3) is 3.05. The molecule has 0 saturated carbocycles. The Balaban J connectivity index is 1.54. The molecule has 1 aromatic heterocycles. The van der Waals surface area contributed by atoms with E-state index in [0.29, 0.717) is 24.0 Å². The number of carbonyl (C=O) groups is 1. The zero-order valence-corrected chi connectivity index (χ0v) is 14.4. The molecule has 4 rings (SSSR count). The average Bonchev–Trinajstić information content (AvgIpc) is 2.67. The van der Waals surface area contributed by atoms with Gasteiger partial charge >= 0.3 is 0 Å². The molecular formula is C19H17N3O2S. The number of para-hydroxylation sites is 2. The van der Waals surface area contributed by atoms with Crippen molar-refractivity contribution in [2.45, 2.75) is 17.9 Å². The number of hydrogen-bond donors (Lipinski definition) is 0. The van der Waals surface area contributed by atoms with Gasteiger partial charge in [-0.3, -0.25) is 14.2 Å². The number of carbonyl (C=O) groups excluding carboxylic acids is 1. The number of nitrogens with zero attached hydrogens (tertiary/aromatic N) is 3. The number of aromatic nitrogens is 2. The van der Waals surface area contributed by atoms with Crippen molar-refractivity contribution in [1.82, 2.24) is 9.55 Å². The summed E-state index contributed by atoms with van der Waals surface area (Å²) in [6.07, 6.45) is 1.80. The second kappa shape index (κ2) is 6.72. The summed E-state index contributed by atoms with van der Waals surface area (Å²) in [6, 6.07) is 15.2. The summed E-state index contributed by atoms with van der Waals surface area (Å²) in [7, 11) is 0. The minimum Gasteiger partial charge on any atom is -0.310 e. The Bertz CT molecular complexity index is 999. The SMILES string of the molecule is O=C(CCn1cnc2ccccc2c1=O)N1CCSc2ccccc21. The molecule has 0 saturated heterocycles. The van der Waals surface area contributed by atoms with Crippen molar-refractivity contribution in [2.24, 2.45) is 0 Å². The van der Waals surface area contributed by atoms with Crippen molar-refractivity contribution in [3.05, 3.63) is 65.2 Å². The number of anilines is 1. The largest absolute Gasteiger partial charge is 0.310 e. The van der Waals surface area contributed by atoms with Gasteiger partial charge in [-0.2, -0.15) is 0 Å². The Kier molecular flexibility index (Phi) is 4.28. The van der Waals surface area contributed by atoms with Crippen molar-refractivity contribution in [3.8, 4) is 0 Å². The summed E-state index contributed by atoms with van der Waals surface area (Å²) in [6.45, 7) is 1.03. The number of thioether (sulfide) groups is 1. The highest BCUT2D eigenvalue weighted by atomic mass is 32.2. The number of fused-ring (bicyclic) bond motifs is 2. The molecular weight excluding hydrogens is 334 g/mol. The number of rotatable bonds is 3. The average molecular weight is 351 g/mol. The van der Waals surface area contributed by atoms with E-state index in [-0.39, 0.29) is 17.9 Å². The monoisotopic (exact) mass is 351 g/mol. The number of aryl methyl sites for hydroxylation is 1. The van der Waals surface area contributed by atoms with E-state index in [0.717, 1.165) is 16.3 Å². The molecule has 0 fully saturated rings. The van der Waals surface area contributed by atoms with Crippen LogP contribution in [0.2, 0.25) is 0 Å². The standard InChI is InChI=1S/C19H17N3O2S/c23-18(22-11-12-25-17-8-4-3-7-16(17)22)9-10-21-13-20-15-6-2-1-5-14(15)19(21)24/h1-8,13H,9-12H2. The van der Waals surface area contributed by atoms with Crippen molar-refractivity contribution in [2.75, 3.05) is 17.2 Å². The van der Waals surface area contributed by atoms with Crippen LogP contribution in [0.25, 0.3) is 10.9 Å². The fourth-order valence-corrected chi connectivity index (χ4v) is 4.04. The summed E-state index contributed by atoms with van der Waals surface area (Å²) >= 11 is 1.77. The van der Waals surface area contributed by atoms with Crippen LogP contribution in [-0.2, 0) is 11.3 Å². The molecule has 126 valence electrons. The third-order valence-corrected chi connectivity index (χ3v) is 5.37. The number of hydrogen-bond acceptors (Lipinski definition) is 4. The van der Waals surface area contributed by atoms with Crippen molar-refractivity contribution in [3.63, 3.8) is 0 Å². The van der Waals surface area contributed by atoms with Crippen molar-refractivity contribution in [1.29, 1.82) is 0 Å². The first-order chi connectivity index (χ1) is 12.2. The maximum Gasteiger partial charge on any atom is 0.261 e. The Morgan fingerprint density at radius 1 is 1.12 bits per heavy atom. The van der Waals surface area contributed by atoms with Crippen LogP contribution in [0.3, 0.4) is 0 Å². The molecule has 0 radical (unpaired) electrons. The Morgan fingerprint density at radius 2 is 1.92 bits per heavy atom. The van der Waals surface area contributed by atoms with Gasteiger partial charge < -0.3 is 4.90 Å². The van der Waals surface area contributed by atoms with Gasteiger partial charge in [0.25, 0.3) is 5.56 Å². The van der Waals surface area contributed by atoms with Gasteiger partial charge in [-0.05, 0) is 24.3 Å². The van der Waals surface area contributed by atoms with E-state index < -0.39 is 0 Å². The molecule has 0 atom stereocenters. The molecule has 3 aromatic rings. The molecule has 2 heterocycles. The predicted molar refractivity (Wildman–Crippen MR) is 100 cm³/mol. The van der Waals surface area contributed by atoms with Gasteiger partial charge in [0.05, 0.1) is 22.9 Å². The van der Waals surface area contributed by atoms with Gasteiger partial charge in [-0.25, -0.2) is 4.98 Å². The van der Waals surface area contributed by atoms with Crippen molar-refractivity contribution >= 4 is 34.3 Å². The van der Waals surface area contributed by atoms with Crippen LogP contribution in [0.15, 0.2) is 64.5 Å².